The molecule has 3 saturated carbocycles. The molecule has 1 amide bonds. The van der Waals surface area contributed by atoms with Crippen molar-refractivity contribution in [3.8, 4) is 0 Å². The average molecular weight is 418 g/mol. The second-order valence-electron chi connectivity index (χ2n) is 12.7. The minimum Gasteiger partial charge on any atom is -0.444 e. The van der Waals surface area contributed by atoms with Gasteiger partial charge < -0.3 is 15.2 Å². The average Bonchev–Trinajstić information content (AvgIpc) is 2.91. The van der Waals surface area contributed by atoms with Crippen LogP contribution in [0.4, 0.5) is 4.79 Å². The summed E-state index contributed by atoms with van der Waals surface area (Å²) >= 11 is 0. The molecule has 170 valence electrons. The fraction of sp³-hybridized carbons (Fsp3) is 0.885. The largest absolute Gasteiger partial charge is 0.444 e. The summed E-state index contributed by atoms with van der Waals surface area (Å²) < 4.78 is 5.56. The molecule has 1 unspecified atom stereocenters. The summed E-state index contributed by atoms with van der Waals surface area (Å²) in [6.45, 7) is 15.2. The van der Waals surface area contributed by atoms with Gasteiger partial charge in [-0.3, -0.25) is 0 Å². The van der Waals surface area contributed by atoms with Crippen molar-refractivity contribution >= 4 is 6.09 Å². The smallest absolute Gasteiger partial charge is 0.407 e. The van der Waals surface area contributed by atoms with Crippen LogP contribution in [-0.2, 0) is 4.74 Å². The lowest BCUT2D eigenvalue weighted by Gasteiger charge is -2.61. The van der Waals surface area contributed by atoms with E-state index in [0.717, 1.165) is 32.1 Å². The molecule has 0 aromatic heterocycles. The minimum absolute atomic E-state index is 0.0786. The third-order valence-electron chi connectivity index (χ3n) is 9.62. The minimum atomic E-state index is -0.477. The second kappa shape index (κ2) is 6.98. The molecule has 0 aromatic carbocycles. The number of aliphatic hydroxyl groups is 1. The van der Waals surface area contributed by atoms with Crippen molar-refractivity contribution in [1.29, 1.82) is 0 Å². The van der Waals surface area contributed by atoms with Crippen LogP contribution in [0.25, 0.3) is 0 Å². The summed E-state index contributed by atoms with van der Waals surface area (Å²) in [7, 11) is 0. The van der Waals surface area contributed by atoms with Gasteiger partial charge in [0.15, 0.2) is 0 Å². The SMILES string of the molecule is CC(C)(C)OC(=O)N[C@H]1CC[C@@]2(C)C(=CC[C@@H]3[C@@H]2CC[C@]2(C)C(O)CC[C@@H]32)C1(C)C. The van der Waals surface area contributed by atoms with E-state index in [1.807, 2.05) is 20.8 Å². The van der Waals surface area contributed by atoms with Gasteiger partial charge >= 0.3 is 6.09 Å². The van der Waals surface area contributed by atoms with E-state index in [9.17, 15) is 9.90 Å². The summed E-state index contributed by atoms with van der Waals surface area (Å²) in [5.74, 6) is 2.05. The molecule has 0 radical (unpaired) electrons. The van der Waals surface area contributed by atoms with Gasteiger partial charge in [-0.15, -0.1) is 0 Å². The first-order valence-corrected chi connectivity index (χ1v) is 12.2. The van der Waals surface area contributed by atoms with E-state index >= 15 is 0 Å². The van der Waals surface area contributed by atoms with Crippen LogP contribution in [0.3, 0.4) is 0 Å². The number of ether oxygens (including phenoxy) is 1. The lowest BCUT2D eigenvalue weighted by atomic mass is 9.44. The van der Waals surface area contributed by atoms with Crippen LogP contribution in [0.15, 0.2) is 11.6 Å². The lowest BCUT2D eigenvalue weighted by molar-refractivity contribution is -0.0748. The van der Waals surface area contributed by atoms with Gasteiger partial charge in [-0.25, -0.2) is 4.79 Å². The van der Waals surface area contributed by atoms with Gasteiger partial charge in [0, 0.05) is 11.5 Å². The van der Waals surface area contributed by atoms with Crippen molar-refractivity contribution in [2.45, 2.75) is 111 Å². The molecule has 4 aliphatic carbocycles. The highest BCUT2D eigenvalue weighted by Gasteiger charge is 2.60. The first-order chi connectivity index (χ1) is 13.8. The summed E-state index contributed by atoms with van der Waals surface area (Å²) in [5, 5.41) is 13.9. The molecule has 4 aliphatic rings. The predicted molar refractivity (Wildman–Crippen MR) is 120 cm³/mol. The van der Waals surface area contributed by atoms with Gasteiger partial charge in [-0.2, -0.15) is 0 Å². The van der Waals surface area contributed by atoms with Crippen LogP contribution < -0.4 is 5.32 Å². The highest BCUT2D eigenvalue weighted by Crippen LogP contribution is 2.67. The summed E-state index contributed by atoms with van der Waals surface area (Å²) in [6, 6.07) is 0.102. The maximum atomic E-state index is 12.5. The van der Waals surface area contributed by atoms with Crippen LogP contribution in [0.5, 0.6) is 0 Å². The molecule has 0 heterocycles. The number of rotatable bonds is 1. The zero-order valence-electron chi connectivity index (χ0n) is 20.2. The fourth-order valence-corrected chi connectivity index (χ4v) is 8.08. The second-order valence-corrected chi connectivity index (χ2v) is 12.7. The zero-order valence-corrected chi connectivity index (χ0v) is 20.2. The number of allylic oxidation sites excluding steroid dienone is 1. The van der Waals surface area contributed by atoms with E-state index in [1.54, 1.807) is 5.57 Å². The van der Waals surface area contributed by atoms with Gasteiger partial charge in [0.1, 0.15) is 5.60 Å². The van der Waals surface area contributed by atoms with Crippen molar-refractivity contribution in [2.75, 3.05) is 0 Å². The normalized spacial score (nSPS) is 44.9. The van der Waals surface area contributed by atoms with E-state index in [-0.39, 0.29) is 34.5 Å². The van der Waals surface area contributed by atoms with E-state index in [2.05, 4.69) is 39.1 Å². The summed E-state index contributed by atoms with van der Waals surface area (Å²) in [4.78, 5) is 12.5. The van der Waals surface area contributed by atoms with Crippen molar-refractivity contribution < 1.29 is 14.6 Å². The van der Waals surface area contributed by atoms with Gasteiger partial charge in [-0.05, 0) is 94.3 Å². The first kappa shape index (κ1) is 22.2. The zero-order chi connectivity index (χ0) is 22.1. The van der Waals surface area contributed by atoms with E-state index in [0.29, 0.717) is 17.8 Å². The van der Waals surface area contributed by atoms with Crippen LogP contribution >= 0.6 is 0 Å². The molecule has 4 rings (SSSR count). The van der Waals surface area contributed by atoms with E-state index in [4.69, 9.17) is 4.74 Å². The van der Waals surface area contributed by atoms with Crippen LogP contribution in [0, 0.1) is 34.0 Å². The van der Waals surface area contributed by atoms with Crippen LogP contribution in [-0.4, -0.2) is 28.9 Å². The predicted octanol–water partition coefficient (Wildman–Crippen LogP) is 5.84. The number of hydrogen-bond donors (Lipinski definition) is 2. The van der Waals surface area contributed by atoms with Gasteiger partial charge in [0.25, 0.3) is 0 Å². The molecule has 7 atom stereocenters. The Labute approximate surface area is 183 Å². The molecule has 0 aliphatic heterocycles. The van der Waals surface area contributed by atoms with E-state index in [1.165, 1.54) is 12.8 Å². The Morgan fingerprint density at radius 3 is 2.43 bits per heavy atom. The number of amides is 1. The summed E-state index contributed by atoms with van der Waals surface area (Å²) in [6.07, 6.45) is 9.90. The Balaban J connectivity index is 1.58. The number of alkyl carbamates (subject to hydrolysis) is 1. The highest BCUT2D eigenvalue weighted by molar-refractivity contribution is 5.68. The van der Waals surface area contributed by atoms with E-state index < -0.39 is 5.60 Å². The van der Waals surface area contributed by atoms with Crippen molar-refractivity contribution in [2.24, 2.45) is 34.0 Å². The Bertz CT molecular complexity index is 735. The van der Waals surface area contributed by atoms with Crippen molar-refractivity contribution in [1.82, 2.24) is 5.32 Å². The number of carbonyl (C=O) groups excluding carboxylic acids is 1. The molecule has 30 heavy (non-hydrogen) atoms. The third kappa shape index (κ3) is 3.32. The molecule has 0 bridgehead atoms. The Morgan fingerprint density at radius 1 is 1.07 bits per heavy atom. The molecule has 0 saturated heterocycles. The van der Waals surface area contributed by atoms with Gasteiger partial charge in [0.2, 0.25) is 0 Å². The maximum absolute atomic E-state index is 12.5. The number of hydrogen-bond acceptors (Lipinski definition) is 3. The topological polar surface area (TPSA) is 58.6 Å². The Morgan fingerprint density at radius 2 is 1.77 bits per heavy atom. The Kier molecular flexibility index (Phi) is 5.16. The number of fused-ring (bicyclic) bond motifs is 5. The van der Waals surface area contributed by atoms with Crippen molar-refractivity contribution in [3.63, 3.8) is 0 Å². The number of carbonyl (C=O) groups is 1. The van der Waals surface area contributed by atoms with Gasteiger partial charge in [-0.1, -0.05) is 39.3 Å². The third-order valence-corrected chi connectivity index (χ3v) is 9.62. The Hall–Kier alpha value is -1.03. The molecule has 3 fully saturated rings. The van der Waals surface area contributed by atoms with Crippen LogP contribution in [0.2, 0.25) is 0 Å². The lowest BCUT2D eigenvalue weighted by Crippen LogP contribution is -2.58. The quantitative estimate of drug-likeness (QED) is 0.527. The maximum Gasteiger partial charge on any atom is 0.407 e. The molecular formula is C26H43NO3. The molecule has 4 nitrogen and oxygen atoms in total. The van der Waals surface area contributed by atoms with Crippen LogP contribution in [0.1, 0.15) is 93.4 Å². The number of aliphatic hydroxyl groups excluding tert-OH is 1. The first-order valence-electron chi connectivity index (χ1n) is 12.2. The molecule has 0 aromatic rings. The molecular weight excluding hydrogens is 374 g/mol. The van der Waals surface area contributed by atoms with Crippen molar-refractivity contribution in [3.05, 3.63) is 11.6 Å². The highest BCUT2D eigenvalue weighted by atomic mass is 16.6. The summed E-state index contributed by atoms with van der Waals surface area (Å²) in [5.41, 5.74) is 1.31. The molecule has 2 N–H and O–H groups in total. The van der Waals surface area contributed by atoms with Gasteiger partial charge in [0.05, 0.1) is 6.10 Å². The molecule has 0 spiro atoms. The molecule has 4 heteroatoms. The monoisotopic (exact) mass is 417 g/mol. The fourth-order valence-electron chi connectivity index (χ4n) is 8.08. The number of nitrogens with one attached hydrogen (secondary N) is 1. The standard InChI is InChI=1S/C26H43NO3/c1-23(2,3)30-22(29)27-20-13-15-25(6)18-12-14-26(7)17(9-11-21(26)28)16(18)8-10-19(25)24(20,4)5/h10,16-18,20-21,28H,8-9,11-15H2,1-7H3,(H,27,29)/t16-,17-,18-,20-,21?,25+,26-/m0/s1.